The molecule has 0 unspecified atom stereocenters. The molecular weight excluding hydrogens is 514 g/mol. The van der Waals surface area contributed by atoms with Crippen molar-refractivity contribution in [2.24, 2.45) is 5.73 Å². The second-order valence-electron chi connectivity index (χ2n) is 8.65. The SMILES string of the molecule is CS(=O)(=O)Nc1ccc2cc(C(N)=O)n(-c3cc(-c4cccc(O)n4)cc(-c4ccc(F)cc4F)c3)c2c1. The molecule has 0 atom stereocenters. The average Bonchev–Trinajstić information content (AvgIpc) is 3.22. The number of nitrogens with zero attached hydrogens (tertiary/aromatic N) is 2. The molecule has 4 N–H and O–H groups in total. The van der Waals surface area contributed by atoms with E-state index in [0.717, 1.165) is 18.4 Å². The van der Waals surface area contributed by atoms with Crippen molar-refractivity contribution in [2.45, 2.75) is 0 Å². The van der Waals surface area contributed by atoms with E-state index in [2.05, 4.69) is 9.71 Å². The molecule has 0 aliphatic heterocycles. The fraction of sp³-hybridized carbons (Fsp3) is 0.0370. The minimum Gasteiger partial charge on any atom is -0.493 e. The Morgan fingerprint density at radius 2 is 1.74 bits per heavy atom. The summed E-state index contributed by atoms with van der Waals surface area (Å²) in [5.41, 5.74) is 8.09. The van der Waals surface area contributed by atoms with Gasteiger partial charge in [0.15, 0.2) is 0 Å². The van der Waals surface area contributed by atoms with E-state index in [1.165, 1.54) is 16.7 Å². The number of aromatic nitrogens is 2. The number of carbonyl (C=O) groups is 1. The van der Waals surface area contributed by atoms with Crippen LogP contribution in [-0.4, -0.2) is 35.2 Å². The number of hydrogen-bond acceptors (Lipinski definition) is 5. The van der Waals surface area contributed by atoms with E-state index in [-0.39, 0.29) is 22.8 Å². The zero-order valence-corrected chi connectivity index (χ0v) is 20.6. The highest BCUT2D eigenvalue weighted by Crippen LogP contribution is 2.34. The van der Waals surface area contributed by atoms with Gasteiger partial charge in [-0.3, -0.25) is 9.52 Å². The molecule has 0 aliphatic rings. The fourth-order valence-corrected chi connectivity index (χ4v) is 4.84. The zero-order chi connectivity index (χ0) is 27.2. The van der Waals surface area contributed by atoms with Crippen molar-refractivity contribution in [3.63, 3.8) is 0 Å². The summed E-state index contributed by atoms with van der Waals surface area (Å²) in [5, 5.41) is 10.5. The number of sulfonamides is 1. The van der Waals surface area contributed by atoms with Crippen LogP contribution in [0.25, 0.3) is 39.0 Å². The fourth-order valence-electron chi connectivity index (χ4n) is 4.29. The van der Waals surface area contributed by atoms with Crippen LogP contribution >= 0.6 is 0 Å². The van der Waals surface area contributed by atoms with Crippen molar-refractivity contribution >= 4 is 32.5 Å². The van der Waals surface area contributed by atoms with Crippen LogP contribution in [0.15, 0.2) is 78.9 Å². The third-order valence-electron chi connectivity index (χ3n) is 5.81. The topological polar surface area (TPSA) is 127 Å². The smallest absolute Gasteiger partial charge is 0.265 e. The molecule has 8 nitrogen and oxygen atoms in total. The van der Waals surface area contributed by atoms with Crippen LogP contribution in [-0.2, 0) is 10.0 Å². The molecule has 5 rings (SSSR count). The second-order valence-corrected chi connectivity index (χ2v) is 10.4. The molecule has 0 spiro atoms. The van der Waals surface area contributed by atoms with Crippen molar-refractivity contribution < 1.29 is 27.1 Å². The van der Waals surface area contributed by atoms with Crippen LogP contribution < -0.4 is 10.5 Å². The van der Waals surface area contributed by atoms with E-state index >= 15 is 0 Å². The molecule has 11 heteroatoms. The standard InChI is InChI=1S/C27H20F2N4O4S/c1-38(36,37)32-19-7-5-15-12-25(27(30)35)33(24(15)14-19)20-10-16(21-8-6-18(28)13-22(21)29)9-17(11-20)23-3-2-4-26(34)31-23/h2-14,32H,1H3,(H2,30,35)(H,31,34). The van der Waals surface area contributed by atoms with E-state index in [1.54, 1.807) is 54.6 Å². The van der Waals surface area contributed by atoms with E-state index in [0.29, 0.717) is 33.4 Å². The molecule has 0 radical (unpaired) electrons. The number of halogens is 2. The predicted octanol–water partition coefficient (Wildman–Crippen LogP) is 4.81. The van der Waals surface area contributed by atoms with Gasteiger partial charge in [-0.1, -0.05) is 12.1 Å². The number of hydrogen-bond donors (Lipinski definition) is 3. The molecular formula is C27H20F2N4O4S. The van der Waals surface area contributed by atoms with Crippen molar-refractivity contribution in [2.75, 3.05) is 11.0 Å². The van der Waals surface area contributed by atoms with E-state index in [4.69, 9.17) is 5.73 Å². The summed E-state index contributed by atoms with van der Waals surface area (Å²) in [4.78, 5) is 16.6. The van der Waals surface area contributed by atoms with Gasteiger partial charge in [-0.15, -0.1) is 0 Å². The van der Waals surface area contributed by atoms with Gasteiger partial charge >= 0.3 is 0 Å². The minimum atomic E-state index is -3.59. The Hall–Kier alpha value is -4.77. The lowest BCUT2D eigenvalue weighted by Crippen LogP contribution is -2.16. The lowest BCUT2D eigenvalue weighted by atomic mass is 9.99. The van der Waals surface area contributed by atoms with Gasteiger partial charge in [0.05, 0.1) is 23.2 Å². The number of aromatic hydroxyl groups is 1. The maximum atomic E-state index is 14.8. The van der Waals surface area contributed by atoms with E-state index in [1.807, 2.05) is 0 Å². The summed E-state index contributed by atoms with van der Waals surface area (Å²) in [7, 11) is -3.59. The first-order chi connectivity index (χ1) is 18.0. The molecule has 3 aromatic carbocycles. The molecule has 1 amide bonds. The van der Waals surface area contributed by atoms with Gasteiger partial charge in [-0.25, -0.2) is 22.2 Å². The van der Waals surface area contributed by atoms with Gasteiger partial charge in [-0.2, -0.15) is 0 Å². The Balaban J connectivity index is 1.82. The Morgan fingerprint density at radius 3 is 2.42 bits per heavy atom. The largest absolute Gasteiger partial charge is 0.493 e. The highest BCUT2D eigenvalue weighted by Gasteiger charge is 2.19. The van der Waals surface area contributed by atoms with Gasteiger partial charge in [0.2, 0.25) is 15.9 Å². The van der Waals surface area contributed by atoms with Crippen LogP contribution in [0.1, 0.15) is 10.5 Å². The molecule has 192 valence electrons. The highest BCUT2D eigenvalue weighted by molar-refractivity contribution is 7.92. The molecule has 5 aromatic rings. The third kappa shape index (κ3) is 4.91. The number of nitrogens with one attached hydrogen (secondary N) is 1. The van der Waals surface area contributed by atoms with Gasteiger partial charge < -0.3 is 15.4 Å². The number of nitrogens with two attached hydrogens (primary N) is 1. The van der Waals surface area contributed by atoms with E-state index in [9.17, 15) is 27.1 Å². The van der Waals surface area contributed by atoms with Gasteiger partial charge in [-0.05, 0) is 60.2 Å². The van der Waals surface area contributed by atoms with Crippen LogP contribution in [0.2, 0.25) is 0 Å². The second kappa shape index (κ2) is 9.27. The van der Waals surface area contributed by atoms with Crippen LogP contribution in [0.5, 0.6) is 5.88 Å². The summed E-state index contributed by atoms with van der Waals surface area (Å²) < 4.78 is 56.0. The number of amides is 1. The lowest BCUT2D eigenvalue weighted by molar-refractivity contribution is 0.0994. The first kappa shape index (κ1) is 24.9. The van der Waals surface area contributed by atoms with Gasteiger partial charge in [0.25, 0.3) is 5.91 Å². The summed E-state index contributed by atoms with van der Waals surface area (Å²) in [6, 6.07) is 18.9. The number of pyridine rings is 1. The number of primary amides is 1. The summed E-state index contributed by atoms with van der Waals surface area (Å²) in [6.45, 7) is 0. The maximum Gasteiger partial charge on any atom is 0.265 e. The molecule has 2 heterocycles. The molecule has 2 aromatic heterocycles. The van der Waals surface area contributed by atoms with Crippen molar-refractivity contribution in [3.05, 3.63) is 96.2 Å². The zero-order valence-electron chi connectivity index (χ0n) is 19.8. The summed E-state index contributed by atoms with van der Waals surface area (Å²) in [6.07, 6.45) is 1.01. The van der Waals surface area contributed by atoms with Crippen molar-refractivity contribution in [3.8, 4) is 34.0 Å². The molecule has 0 saturated heterocycles. The first-order valence-electron chi connectivity index (χ1n) is 11.2. The normalized spacial score (nSPS) is 11.6. The Morgan fingerprint density at radius 1 is 0.974 bits per heavy atom. The first-order valence-corrected chi connectivity index (χ1v) is 13.1. The summed E-state index contributed by atoms with van der Waals surface area (Å²) >= 11 is 0. The molecule has 38 heavy (non-hydrogen) atoms. The third-order valence-corrected chi connectivity index (χ3v) is 6.41. The Bertz CT molecular complexity index is 1850. The molecule has 0 bridgehead atoms. The Kier molecular flexibility index (Phi) is 6.08. The number of fused-ring (bicyclic) bond motifs is 1. The maximum absolute atomic E-state index is 14.8. The van der Waals surface area contributed by atoms with Gasteiger partial charge in [0.1, 0.15) is 17.3 Å². The number of benzene rings is 3. The highest BCUT2D eigenvalue weighted by atomic mass is 32.2. The van der Waals surface area contributed by atoms with Gasteiger partial charge in [0, 0.05) is 34.3 Å². The van der Waals surface area contributed by atoms with Crippen LogP contribution in [0.3, 0.4) is 0 Å². The average molecular weight is 535 g/mol. The van der Waals surface area contributed by atoms with E-state index < -0.39 is 27.6 Å². The Labute approximate surface area is 216 Å². The molecule has 0 fully saturated rings. The van der Waals surface area contributed by atoms with Crippen LogP contribution in [0, 0.1) is 11.6 Å². The number of carbonyl (C=O) groups excluding carboxylic acids is 1. The number of anilines is 1. The molecule has 0 saturated carbocycles. The quantitative estimate of drug-likeness (QED) is 0.288. The number of rotatable bonds is 6. The van der Waals surface area contributed by atoms with Crippen molar-refractivity contribution in [1.29, 1.82) is 0 Å². The molecule has 0 aliphatic carbocycles. The monoisotopic (exact) mass is 534 g/mol. The van der Waals surface area contributed by atoms with Crippen LogP contribution in [0.4, 0.5) is 14.5 Å². The minimum absolute atomic E-state index is 0.0862. The summed E-state index contributed by atoms with van der Waals surface area (Å²) in [5.74, 6) is -2.53. The van der Waals surface area contributed by atoms with Crippen molar-refractivity contribution in [1.82, 2.24) is 9.55 Å². The predicted molar refractivity (Wildman–Crippen MR) is 141 cm³/mol. The lowest BCUT2D eigenvalue weighted by Gasteiger charge is -2.15.